The number of benzene rings is 1. The van der Waals surface area contributed by atoms with Crippen molar-refractivity contribution in [2.24, 2.45) is 0 Å². The first kappa shape index (κ1) is 14.6. The van der Waals surface area contributed by atoms with Crippen molar-refractivity contribution in [3.63, 3.8) is 0 Å². The lowest BCUT2D eigenvalue weighted by atomic mass is 10.1. The Morgan fingerprint density at radius 3 is 2.68 bits per heavy atom. The van der Waals surface area contributed by atoms with E-state index in [1.807, 2.05) is 32.0 Å². The first-order valence-electron chi connectivity index (χ1n) is 5.88. The Hall–Kier alpha value is -0.840. The van der Waals surface area contributed by atoms with Crippen molar-refractivity contribution >= 4 is 38.3 Å². The Morgan fingerprint density at radius 2 is 2.05 bits per heavy atom. The van der Waals surface area contributed by atoms with Crippen LogP contribution in [0.25, 0.3) is 10.8 Å². The van der Waals surface area contributed by atoms with E-state index in [-0.39, 0.29) is 5.56 Å². The molecule has 1 aromatic heterocycles. The summed E-state index contributed by atoms with van der Waals surface area (Å²) in [4.78, 5) is 12.5. The van der Waals surface area contributed by atoms with Crippen LogP contribution in [0.15, 0.2) is 33.7 Å². The Labute approximate surface area is 125 Å². The third-order valence-electron chi connectivity index (χ3n) is 3.14. The largest absolute Gasteiger partial charge is 0.377 e. The molecule has 0 saturated heterocycles. The molecule has 0 aliphatic heterocycles. The maximum absolute atomic E-state index is 12.5. The minimum atomic E-state index is -0.407. The van der Waals surface area contributed by atoms with Crippen molar-refractivity contribution in [2.75, 3.05) is 7.11 Å². The Kier molecular flexibility index (Phi) is 4.04. The highest BCUT2D eigenvalue weighted by Crippen LogP contribution is 2.28. The first-order valence-corrected chi connectivity index (χ1v) is 7.05. The van der Waals surface area contributed by atoms with Crippen LogP contribution < -0.4 is 5.56 Å². The summed E-state index contributed by atoms with van der Waals surface area (Å²) in [5.74, 6) is 0. The average molecular weight is 345 g/mol. The van der Waals surface area contributed by atoms with Crippen molar-refractivity contribution < 1.29 is 4.74 Å². The van der Waals surface area contributed by atoms with E-state index in [1.54, 1.807) is 17.9 Å². The number of pyridine rings is 1. The van der Waals surface area contributed by atoms with Gasteiger partial charge in [-0.1, -0.05) is 17.7 Å². The van der Waals surface area contributed by atoms with E-state index in [2.05, 4.69) is 15.9 Å². The molecule has 0 atom stereocenters. The number of methoxy groups -OCH3 is 1. The lowest BCUT2D eigenvalue weighted by molar-refractivity contribution is 0.00750. The molecule has 2 aromatic rings. The Bertz CT molecular complexity index is 679. The standard InChI is InChI=1S/C14H15BrClNO2/c1-14(2,19-3)8-17-7-6-9-4-5-10(15)12(16)11(9)13(17)18/h4-7H,8H2,1-3H3. The van der Waals surface area contributed by atoms with E-state index < -0.39 is 5.60 Å². The lowest BCUT2D eigenvalue weighted by Crippen LogP contribution is -2.34. The maximum atomic E-state index is 12.5. The summed E-state index contributed by atoms with van der Waals surface area (Å²) in [6, 6.07) is 5.60. The maximum Gasteiger partial charge on any atom is 0.260 e. The molecule has 0 spiro atoms. The summed E-state index contributed by atoms with van der Waals surface area (Å²) in [7, 11) is 1.63. The molecule has 0 amide bonds. The SMILES string of the molecule is COC(C)(C)Cn1ccc2ccc(Br)c(Cl)c2c1=O. The zero-order valence-electron chi connectivity index (χ0n) is 11.0. The van der Waals surface area contributed by atoms with Gasteiger partial charge >= 0.3 is 0 Å². The number of nitrogens with zero attached hydrogens (tertiary/aromatic N) is 1. The Balaban J connectivity index is 2.64. The van der Waals surface area contributed by atoms with Crippen LogP contribution in [0.2, 0.25) is 5.02 Å². The van der Waals surface area contributed by atoms with Crippen LogP contribution in [-0.4, -0.2) is 17.3 Å². The quantitative estimate of drug-likeness (QED) is 0.847. The molecule has 1 heterocycles. The minimum Gasteiger partial charge on any atom is -0.377 e. The lowest BCUT2D eigenvalue weighted by Gasteiger charge is -2.24. The predicted octanol–water partition coefficient (Wildman–Crippen LogP) is 3.84. The van der Waals surface area contributed by atoms with Crippen molar-refractivity contribution in [1.29, 1.82) is 0 Å². The van der Waals surface area contributed by atoms with E-state index in [9.17, 15) is 4.79 Å². The van der Waals surface area contributed by atoms with E-state index in [4.69, 9.17) is 16.3 Å². The molecule has 102 valence electrons. The molecule has 0 aliphatic carbocycles. The first-order chi connectivity index (χ1) is 8.85. The van der Waals surface area contributed by atoms with Crippen LogP contribution in [0.5, 0.6) is 0 Å². The molecule has 2 rings (SSSR count). The second kappa shape index (κ2) is 5.27. The summed E-state index contributed by atoms with van der Waals surface area (Å²) >= 11 is 9.56. The fourth-order valence-electron chi connectivity index (χ4n) is 1.90. The summed E-state index contributed by atoms with van der Waals surface area (Å²) in [6.45, 7) is 4.35. The van der Waals surface area contributed by atoms with Gasteiger partial charge in [-0.15, -0.1) is 0 Å². The summed E-state index contributed by atoms with van der Waals surface area (Å²) < 4.78 is 7.71. The van der Waals surface area contributed by atoms with Crippen molar-refractivity contribution in [3.05, 3.63) is 44.2 Å². The second-order valence-electron chi connectivity index (χ2n) is 5.04. The van der Waals surface area contributed by atoms with E-state index >= 15 is 0 Å². The van der Waals surface area contributed by atoms with Gasteiger partial charge in [-0.2, -0.15) is 0 Å². The molecule has 0 unspecified atom stereocenters. The van der Waals surface area contributed by atoms with Crippen LogP contribution in [0.1, 0.15) is 13.8 Å². The van der Waals surface area contributed by atoms with Gasteiger partial charge in [-0.05, 0) is 47.3 Å². The van der Waals surface area contributed by atoms with Crippen molar-refractivity contribution in [1.82, 2.24) is 4.57 Å². The molecule has 0 fully saturated rings. The van der Waals surface area contributed by atoms with Crippen LogP contribution in [-0.2, 0) is 11.3 Å². The average Bonchev–Trinajstić information content (AvgIpc) is 2.37. The molecule has 19 heavy (non-hydrogen) atoms. The summed E-state index contributed by atoms with van der Waals surface area (Å²) in [5, 5.41) is 1.82. The summed E-state index contributed by atoms with van der Waals surface area (Å²) in [5.41, 5.74) is -0.510. The molecule has 0 bridgehead atoms. The van der Waals surface area contributed by atoms with E-state index in [0.717, 1.165) is 9.86 Å². The zero-order valence-corrected chi connectivity index (χ0v) is 13.4. The van der Waals surface area contributed by atoms with Crippen LogP contribution in [0, 0.1) is 0 Å². The minimum absolute atomic E-state index is 0.103. The molecule has 5 heteroatoms. The number of aromatic nitrogens is 1. The van der Waals surface area contributed by atoms with Gasteiger partial charge in [0.15, 0.2) is 0 Å². The fourth-order valence-corrected chi connectivity index (χ4v) is 2.49. The molecule has 0 radical (unpaired) electrons. The zero-order chi connectivity index (χ0) is 14.2. The number of halogens is 2. The fraction of sp³-hybridized carbons (Fsp3) is 0.357. The molecular formula is C14H15BrClNO2. The molecular weight excluding hydrogens is 330 g/mol. The van der Waals surface area contributed by atoms with Gasteiger partial charge in [-0.25, -0.2) is 0 Å². The van der Waals surface area contributed by atoms with E-state index in [1.165, 1.54) is 0 Å². The topological polar surface area (TPSA) is 31.2 Å². The number of hydrogen-bond acceptors (Lipinski definition) is 2. The Morgan fingerprint density at radius 1 is 1.37 bits per heavy atom. The highest BCUT2D eigenvalue weighted by Gasteiger charge is 2.19. The smallest absolute Gasteiger partial charge is 0.260 e. The summed E-state index contributed by atoms with van der Waals surface area (Å²) in [6.07, 6.45) is 1.77. The molecule has 0 saturated carbocycles. The van der Waals surface area contributed by atoms with Gasteiger partial charge in [0.25, 0.3) is 5.56 Å². The van der Waals surface area contributed by atoms with Crippen molar-refractivity contribution in [2.45, 2.75) is 26.0 Å². The monoisotopic (exact) mass is 343 g/mol. The third-order valence-corrected chi connectivity index (χ3v) is 4.42. The highest BCUT2D eigenvalue weighted by atomic mass is 79.9. The number of fused-ring (bicyclic) bond motifs is 1. The van der Waals surface area contributed by atoms with Gasteiger partial charge in [0.05, 0.1) is 22.6 Å². The molecule has 1 aromatic carbocycles. The van der Waals surface area contributed by atoms with Gasteiger partial charge < -0.3 is 9.30 Å². The number of ether oxygens (including phenoxy) is 1. The normalized spacial score (nSPS) is 12.1. The molecule has 0 aliphatic rings. The highest BCUT2D eigenvalue weighted by molar-refractivity contribution is 9.10. The predicted molar refractivity (Wildman–Crippen MR) is 82.0 cm³/mol. The van der Waals surface area contributed by atoms with Gasteiger partial charge in [0.1, 0.15) is 0 Å². The second-order valence-corrected chi connectivity index (χ2v) is 6.27. The third kappa shape index (κ3) is 2.86. The van der Waals surface area contributed by atoms with Crippen LogP contribution in [0.4, 0.5) is 0 Å². The van der Waals surface area contributed by atoms with Gasteiger partial charge in [0, 0.05) is 17.8 Å². The van der Waals surface area contributed by atoms with Crippen molar-refractivity contribution in [3.8, 4) is 0 Å². The van der Waals surface area contributed by atoms with Gasteiger partial charge in [-0.3, -0.25) is 4.79 Å². The van der Waals surface area contributed by atoms with Gasteiger partial charge in [0.2, 0.25) is 0 Å². The number of rotatable bonds is 3. The van der Waals surface area contributed by atoms with E-state index in [0.29, 0.717) is 17.0 Å². The van der Waals surface area contributed by atoms with Crippen LogP contribution >= 0.6 is 27.5 Å². The molecule has 3 nitrogen and oxygen atoms in total. The van der Waals surface area contributed by atoms with Crippen LogP contribution in [0.3, 0.4) is 0 Å². The number of hydrogen-bond donors (Lipinski definition) is 0. The molecule has 0 N–H and O–H groups in total.